The largest absolute Gasteiger partial charge is 0.368 e. The zero-order valence-corrected chi connectivity index (χ0v) is 11.5. The summed E-state index contributed by atoms with van der Waals surface area (Å²) >= 11 is 0. The van der Waals surface area contributed by atoms with Crippen LogP contribution < -0.4 is 10.6 Å². The number of halogens is 1. The molecule has 0 amide bonds. The molecule has 2 rings (SSSR count). The van der Waals surface area contributed by atoms with Crippen LogP contribution in [0.15, 0.2) is 30.5 Å². The van der Waals surface area contributed by atoms with Gasteiger partial charge in [0.15, 0.2) is 0 Å². The minimum Gasteiger partial charge on any atom is -0.368 e. The van der Waals surface area contributed by atoms with Crippen LogP contribution in [0.1, 0.15) is 18.5 Å². The van der Waals surface area contributed by atoms with Crippen LogP contribution in [0.2, 0.25) is 0 Å². The Balaban J connectivity index is 2.44. The molecule has 0 aliphatic rings. The van der Waals surface area contributed by atoms with Crippen molar-refractivity contribution in [3.05, 3.63) is 52.0 Å². The smallest absolute Gasteiger partial charge is 0.329 e. The zero-order valence-electron chi connectivity index (χ0n) is 11.5. The standard InChI is InChI=1S/C13H14FN5O2/c1-8(9-5-3-4-6-10(9)14)18(2)12-11(19(20)21)7-16-13(15)17-12/h3-8H,1-2H3,(H2,15,16,17). The van der Waals surface area contributed by atoms with Gasteiger partial charge >= 0.3 is 5.69 Å². The molecule has 1 aromatic carbocycles. The molecule has 2 N–H and O–H groups in total. The van der Waals surface area contributed by atoms with E-state index in [2.05, 4.69) is 9.97 Å². The fourth-order valence-electron chi connectivity index (χ4n) is 1.97. The summed E-state index contributed by atoms with van der Waals surface area (Å²) in [6.45, 7) is 1.72. The highest BCUT2D eigenvalue weighted by molar-refractivity contribution is 5.59. The number of nitro groups is 1. The number of hydrogen-bond donors (Lipinski definition) is 1. The van der Waals surface area contributed by atoms with Crippen molar-refractivity contribution in [3.8, 4) is 0 Å². The average molecular weight is 291 g/mol. The van der Waals surface area contributed by atoms with Crippen molar-refractivity contribution in [1.29, 1.82) is 0 Å². The van der Waals surface area contributed by atoms with E-state index in [1.54, 1.807) is 32.2 Å². The molecule has 1 atom stereocenters. The summed E-state index contributed by atoms with van der Waals surface area (Å²) < 4.78 is 13.8. The molecule has 1 unspecified atom stereocenters. The van der Waals surface area contributed by atoms with Crippen LogP contribution in [0.25, 0.3) is 0 Å². The molecule has 1 aromatic heterocycles. The van der Waals surface area contributed by atoms with Gasteiger partial charge in [0.2, 0.25) is 11.8 Å². The summed E-state index contributed by atoms with van der Waals surface area (Å²) in [7, 11) is 1.59. The molecule has 110 valence electrons. The van der Waals surface area contributed by atoms with Crippen molar-refractivity contribution < 1.29 is 9.31 Å². The maximum atomic E-state index is 13.8. The van der Waals surface area contributed by atoms with Gasteiger partial charge in [0.1, 0.15) is 12.0 Å². The summed E-state index contributed by atoms with van der Waals surface area (Å²) in [5.74, 6) is -0.423. The summed E-state index contributed by atoms with van der Waals surface area (Å²) in [6.07, 6.45) is 1.04. The highest BCUT2D eigenvalue weighted by atomic mass is 19.1. The van der Waals surface area contributed by atoms with Crippen molar-refractivity contribution in [1.82, 2.24) is 9.97 Å². The lowest BCUT2D eigenvalue weighted by molar-refractivity contribution is -0.384. The SMILES string of the molecule is CC(c1ccccc1F)N(C)c1nc(N)ncc1[N+](=O)[O-]. The predicted octanol–water partition coefficient (Wildman–Crippen LogP) is 2.30. The Morgan fingerprint density at radius 1 is 1.43 bits per heavy atom. The van der Waals surface area contributed by atoms with Gasteiger partial charge in [0, 0.05) is 12.6 Å². The summed E-state index contributed by atoms with van der Waals surface area (Å²) in [6, 6.07) is 5.77. The normalized spacial score (nSPS) is 12.0. The molecule has 7 nitrogen and oxygen atoms in total. The van der Waals surface area contributed by atoms with E-state index in [1.165, 1.54) is 11.0 Å². The molecule has 0 fully saturated rings. The highest BCUT2D eigenvalue weighted by Gasteiger charge is 2.25. The van der Waals surface area contributed by atoms with Gasteiger partial charge in [-0.25, -0.2) is 9.37 Å². The molecule has 0 aliphatic carbocycles. The number of anilines is 2. The second kappa shape index (κ2) is 5.70. The molecule has 0 saturated heterocycles. The Labute approximate surface area is 120 Å². The Kier molecular flexibility index (Phi) is 3.97. The van der Waals surface area contributed by atoms with E-state index >= 15 is 0 Å². The number of nitrogen functional groups attached to an aromatic ring is 1. The first kappa shape index (κ1) is 14.6. The lowest BCUT2D eigenvalue weighted by atomic mass is 10.1. The molecule has 2 aromatic rings. The Bertz CT molecular complexity index is 679. The average Bonchev–Trinajstić information content (AvgIpc) is 2.45. The number of benzene rings is 1. The van der Waals surface area contributed by atoms with Gasteiger partial charge in [0.05, 0.1) is 11.0 Å². The molecule has 21 heavy (non-hydrogen) atoms. The van der Waals surface area contributed by atoms with Crippen molar-refractivity contribution in [2.75, 3.05) is 17.7 Å². The number of rotatable bonds is 4. The van der Waals surface area contributed by atoms with E-state index in [9.17, 15) is 14.5 Å². The molecule has 1 heterocycles. The topological polar surface area (TPSA) is 98.2 Å². The van der Waals surface area contributed by atoms with Gasteiger partial charge in [0.25, 0.3) is 0 Å². The molecule has 0 bridgehead atoms. The molecule has 8 heteroatoms. The maximum Gasteiger partial charge on any atom is 0.329 e. The van der Waals surface area contributed by atoms with Crippen molar-refractivity contribution in [2.45, 2.75) is 13.0 Å². The number of nitrogens with two attached hydrogens (primary N) is 1. The van der Waals surface area contributed by atoms with E-state index < -0.39 is 11.0 Å². The molecular weight excluding hydrogens is 277 g/mol. The Morgan fingerprint density at radius 2 is 2.10 bits per heavy atom. The van der Waals surface area contributed by atoms with Gasteiger partial charge in [-0.05, 0) is 13.0 Å². The first-order valence-corrected chi connectivity index (χ1v) is 6.16. The fraction of sp³-hybridized carbons (Fsp3) is 0.231. The number of aromatic nitrogens is 2. The summed E-state index contributed by atoms with van der Waals surface area (Å²) in [5.41, 5.74) is 5.61. The molecule has 0 radical (unpaired) electrons. The van der Waals surface area contributed by atoms with E-state index in [0.717, 1.165) is 6.20 Å². The van der Waals surface area contributed by atoms with E-state index in [0.29, 0.717) is 5.56 Å². The van der Waals surface area contributed by atoms with E-state index in [4.69, 9.17) is 5.73 Å². The van der Waals surface area contributed by atoms with Gasteiger partial charge in [-0.1, -0.05) is 18.2 Å². The first-order chi connectivity index (χ1) is 9.91. The Hall–Kier alpha value is -2.77. The molecule has 0 saturated carbocycles. The summed E-state index contributed by atoms with van der Waals surface area (Å²) in [4.78, 5) is 19.5. The number of hydrogen-bond acceptors (Lipinski definition) is 6. The minimum absolute atomic E-state index is 0.0447. The second-order valence-corrected chi connectivity index (χ2v) is 4.50. The predicted molar refractivity (Wildman–Crippen MR) is 76.3 cm³/mol. The molecule has 0 spiro atoms. The summed E-state index contributed by atoms with van der Waals surface area (Å²) in [5, 5.41) is 11.0. The van der Waals surface area contributed by atoms with Gasteiger partial charge in [-0.2, -0.15) is 4.98 Å². The first-order valence-electron chi connectivity index (χ1n) is 6.16. The quantitative estimate of drug-likeness (QED) is 0.685. The van der Waals surface area contributed by atoms with Crippen molar-refractivity contribution in [2.24, 2.45) is 0 Å². The van der Waals surface area contributed by atoms with Crippen LogP contribution in [0.3, 0.4) is 0 Å². The third-order valence-corrected chi connectivity index (χ3v) is 3.24. The lowest BCUT2D eigenvalue weighted by Gasteiger charge is -2.26. The monoisotopic (exact) mass is 291 g/mol. The lowest BCUT2D eigenvalue weighted by Crippen LogP contribution is -2.25. The van der Waals surface area contributed by atoms with Crippen LogP contribution in [-0.2, 0) is 0 Å². The van der Waals surface area contributed by atoms with E-state index in [-0.39, 0.29) is 23.3 Å². The number of nitrogens with zero attached hydrogens (tertiary/aromatic N) is 4. The van der Waals surface area contributed by atoms with Crippen LogP contribution >= 0.6 is 0 Å². The fourth-order valence-corrected chi connectivity index (χ4v) is 1.97. The third-order valence-electron chi connectivity index (χ3n) is 3.24. The van der Waals surface area contributed by atoms with Crippen molar-refractivity contribution in [3.63, 3.8) is 0 Å². The molecular formula is C13H14FN5O2. The van der Waals surface area contributed by atoms with Crippen molar-refractivity contribution >= 4 is 17.5 Å². The van der Waals surface area contributed by atoms with Gasteiger partial charge < -0.3 is 10.6 Å². The zero-order chi connectivity index (χ0) is 15.6. The Morgan fingerprint density at radius 3 is 2.71 bits per heavy atom. The van der Waals surface area contributed by atoms with Crippen LogP contribution in [-0.4, -0.2) is 21.9 Å². The van der Waals surface area contributed by atoms with Gasteiger partial charge in [-0.15, -0.1) is 0 Å². The van der Waals surface area contributed by atoms with Crippen LogP contribution in [0, 0.1) is 15.9 Å². The molecule has 0 aliphatic heterocycles. The third kappa shape index (κ3) is 2.88. The maximum absolute atomic E-state index is 13.8. The minimum atomic E-state index is -0.598. The van der Waals surface area contributed by atoms with Gasteiger partial charge in [-0.3, -0.25) is 10.1 Å². The van der Waals surface area contributed by atoms with Crippen LogP contribution in [0.4, 0.5) is 21.8 Å². The second-order valence-electron chi connectivity index (χ2n) is 4.50. The van der Waals surface area contributed by atoms with E-state index in [1.807, 2.05) is 0 Å². The highest BCUT2D eigenvalue weighted by Crippen LogP contribution is 2.31. The van der Waals surface area contributed by atoms with Crippen LogP contribution in [0.5, 0.6) is 0 Å².